The van der Waals surface area contributed by atoms with Gasteiger partial charge in [0.25, 0.3) is 5.56 Å². The number of benzene rings is 1. The van der Waals surface area contributed by atoms with Crippen molar-refractivity contribution in [3.05, 3.63) is 53.0 Å². The monoisotopic (exact) mass is 383 g/mol. The molecule has 1 aromatic carbocycles. The van der Waals surface area contributed by atoms with E-state index in [1.54, 1.807) is 12.1 Å². The van der Waals surface area contributed by atoms with Gasteiger partial charge in [0.1, 0.15) is 24.1 Å². The molecule has 146 valence electrons. The highest BCUT2D eigenvalue weighted by Crippen LogP contribution is 2.23. The summed E-state index contributed by atoms with van der Waals surface area (Å²) in [5.41, 5.74) is 0.664. The van der Waals surface area contributed by atoms with E-state index in [2.05, 4.69) is 10.1 Å². The number of rotatable bonds is 3. The molecule has 8 heteroatoms. The number of piperidine rings is 1. The molecule has 28 heavy (non-hydrogen) atoms. The van der Waals surface area contributed by atoms with Gasteiger partial charge in [0.2, 0.25) is 5.91 Å². The highest BCUT2D eigenvalue weighted by Gasteiger charge is 2.29. The molecular formula is C20H22FN5O2. The second-order valence-corrected chi connectivity index (χ2v) is 7.38. The molecule has 1 aliphatic rings. The van der Waals surface area contributed by atoms with E-state index in [4.69, 9.17) is 0 Å². The zero-order valence-corrected chi connectivity index (χ0v) is 15.9. The van der Waals surface area contributed by atoms with Crippen LogP contribution in [-0.2, 0) is 11.3 Å². The molecule has 7 nitrogen and oxygen atoms in total. The molecular weight excluding hydrogens is 361 g/mol. The van der Waals surface area contributed by atoms with Gasteiger partial charge in [-0.1, -0.05) is 0 Å². The van der Waals surface area contributed by atoms with Crippen LogP contribution in [0.25, 0.3) is 16.7 Å². The average Bonchev–Trinajstić information content (AvgIpc) is 3.09. The van der Waals surface area contributed by atoms with Gasteiger partial charge in [-0.2, -0.15) is 5.10 Å². The Labute approximate surface area is 161 Å². The lowest BCUT2D eigenvalue weighted by atomic mass is 9.97. The van der Waals surface area contributed by atoms with Crippen LogP contribution >= 0.6 is 0 Å². The van der Waals surface area contributed by atoms with Crippen molar-refractivity contribution in [3.8, 4) is 5.69 Å². The SMILES string of the molecule is C[C@@H]1CCC[C@@H](C)N1C(=O)Cn1cnc2c(cnn2-c2ccc(F)cc2)c1=O. The number of hydrogen-bond donors (Lipinski definition) is 0. The summed E-state index contributed by atoms with van der Waals surface area (Å²) in [6.45, 7) is 4.05. The summed E-state index contributed by atoms with van der Waals surface area (Å²) in [5, 5.41) is 4.53. The molecule has 2 aromatic heterocycles. The van der Waals surface area contributed by atoms with Crippen molar-refractivity contribution in [2.24, 2.45) is 0 Å². The number of carbonyl (C=O) groups excluding carboxylic acids is 1. The van der Waals surface area contributed by atoms with Gasteiger partial charge in [0.15, 0.2) is 5.65 Å². The third-order valence-electron chi connectivity index (χ3n) is 5.41. The zero-order valence-electron chi connectivity index (χ0n) is 15.9. The van der Waals surface area contributed by atoms with Gasteiger partial charge < -0.3 is 4.90 Å². The predicted octanol–water partition coefficient (Wildman–Crippen LogP) is 2.51. The minimum absolute atomic E-state index is 0.0435. The van der Waals surface area contributed by atoms with E-state index < -0.39 is 0 Å². The Bertz CT molecular complexity index is 1060. The van der Waals surface area contributed by atoms with Crippen LogP contribution in [0.5, 0.6) is 0 Å². The third-order valence-corrected chi connectivity index (χ3v) is 5.41. The molecule has 1 saturated heterocycles. The molecule has 0 saturated carbocycles. The van der Waals surface area contributed by atoms with Crippen molar-refractivity contribution in [2.45, 2.75) is 51.7 Å². The largest absolute Gasteiger partial charge is 0.336 e. The standard InChI is InChI=1S/C20H22FN5O2/c1-13-4-3-5-14(2)25(13)18(27)11-24-12-22-19-17(20(24)28)10-23-26(19)16-8-6-15(21)7-9-16/h6-10,12-14H,3-5,11H2,1-2H3/t13-,14-/m1/s1. The van der Waals surface area contributed by atoms with E-state index in [0.29, 0.717) is 16.7 Å². The fourth-order valence-corrected chi connectivity index (χ4v) is 3.97. The van der Waals surface area contributed by atoms with Crippen molar-refractivity contribution in [1.82, 2.24) is 24.2 Å². The highest BCUT2D eigenvalue weighted by molar-refractivity contribution is 5.78. The van der Waals surface area contributed by atoms with Crippen LogP contribution in [0.1, 0.15) is 33.1 Å². The summed E-state index contributed by atoms with van der Waals surface area (Å²) in [5.74, 6) is -0.427. The second kappa shape index (κ2) is 7.18. The van der Waals surface area contributed by atoms with Crippen LogP contribution in [0, 0.1) is 5.82 Å². The summed E-state index contributed by atoms with van der Waals surface area (Å²) in [4.78, 5) is 31.9. The lowest BCUT2D eigenvalue weighted by Crippen LogP contribution is -2.49. The Hall–Kier alpha value is -3.03. The molecule has 4 rings (SSSR count). The highest BCUT2D eigenvalue weighted by atomic mass is 19.1. The molecule has 3 heterocycles. The van der Waals surface area contributed by atoms with Gasteiger partial charge in [-0.3, -0.25) is 14.2 Å². The molecule has 0 aliphatic carbocycles. The fourth-order valence-electron chi connectivity index (χ4n) is 3.97. The Morgan fingerprint density at radius 3 is 2.54 bits per heavy atom. The van der Waals surface area contributed by atoms with Gasteiger partial charge in [0.05, 0.1) is 11.9 Å². The second-order valence-electron chi connectivity index (χ2n) is 7.38. The lowest BCUT2D eigenvalue weighted by molar-refractivity contribution is -0.138. The summed E-state index contributed by atoms with van der Waals surface area (Å²) < 4.78 is 16.0. The van der Waals surface area contributed by atoms with Crippen LogP contribution in [-0.4, -0.2) is 42.2 Å². The van der Waals surface area contributed by atoms with E-state index in [-0.39, 0.29) is 35.9 Å². The van der Waals surface area contributed by atoms with Crippen molar-refractivity contribution >= 4 is 16.9 Å². The Morgan fingerprint density at radius 2 is 1.86 bits per heavy atom. The Morgan fingerprint density at radius 1 is 1.18 bits per heavy atom. The predicted molar refractivity (Wildman–Crippen MR) is 103 cm³/mol. The van der Waals surface area contributed by atoms with E-state index in [1.165, 1.54) is 33.9 Å². The van der Waals surface area contributed by atoms with Gasteiger partial charge in [-0.15, -0.1) is 0 Å². The smallest absolute Gasteiger partial charge is 0.264 e. The summed E-state index contributed by atoms with van der Waals surface area (Å²) >= 11 is 0. The van der Waals surface area contributed by atoms with E-state index in [9.17, 15) is 14.0 Å². The number of carbonyl (C=O) groups is 1. The normalized spacial score (nSPS) is 19.9. The number of aromatic nitrogens is 4. The van der Waals surface area contributed by atoms with Crippen LogP contribution in [0.4, 0.5) is 4.39 Å². The number of fused-ring (bicyclic) bond motifs is 1. The number of amides is 1. The number of likely N-dealkylation sites (tertiary alicyclic amines) is 1. The number of hydrogen-bond acceptors (Lipinski definition) is 4. The van der Waals surface area contributed by atoms with Gasteiger partial charge in [0, 0.05) is 12.1 Å². The van der Waals surface area contributed by atoms with Crippen molar-refractivity contribution in [3.63, 3.8) is 0 Å². The minimum atomic E-state index is -0.352. The van der Waals surface area contributed by atoms with Crippen molar-refractivity contribution in [2.75, 3.05) is 0 Å². The van der Waals surface area contributed by atoms with E-state index in [1.807, 2.05) is 18.7 Å². The first-order valence-corrected chi connectivity index (χ1v) is 9.46. The minimum Gasteiger partial charge on any atom is -0.336 e. The first-order chi connectivity index (χ1) is 13.5. The Kier molecular flexibility index (Phi) is 4.70. The molecule has 0 radical (unpaired) electrons. The quantitative estimate of drug-likeness (QED) is 0.697. The topological polar surface area (TPSA) is 73.0 Å². The van der Waals surface area contributed by atoms with Crippen LogP contribution in [0.15, 0.2) is 41.6 Å². The van der Waals surface area contributed by atoms with Crippen LogP contribution < -0.4 is 5.56 Å². The molecule has 1 aliphatic heterocycles. The number of nitrogens with zero attached hydrogens (tertiary/aromatic N) is 5. The molecule has 0 bridgehead atoms. The average molecular weight is 383 g/mol. The van der Waals surface area contributed by atoms with Gasteiger partial charge in [-0.25, -0.2) is 14.1 Å². The molecule has 0 unspecified atom stereocenters. The molecule has 2 atom stereocenters. The molecule has 0 N–H and O–H groups in total. The van der Waals surface area contributed by atoms with Crippen LogP contribution in [0.3, 0.4) is 0 Å². The summed E-state index contributed by atoms with van der Waals surface area (Å²) in [6, 6.07) is 6.12. The number of halogens is 1. The molecule has 0 spiro atoms. The first kappa shape index (κ1) is 18.3. The van der Waals surface area contributed by atoms with Gasteiger partial charge in [-0.05, 0) is 57.4 Å². The fraction of sp³-hybridized carbons (Fsp3) is 0.400. The third kappa shape index (κ3) is 3.19. The Balaban J connectivity index is 1.65. The maximum Gasteiger partial charge on any atom is 0.264 e. The summed E-state index contributed by atoms with van der Waals surface area (Å²) in [6.07, 6.45) is 5.88. The molecule has 1 fully saturated rings. The maximum absolute atomic E-state index is 13.2. The lowest BCUT2D eigenvalue weighted by Gasteiger charge is -2.39. The summed E-state index contributed by atoms with van der Waals surface area (Å²) in [7, 11) is 0. The van der Waals surface area contributed by atoms with Crippen molar-refractivity contribution < 1.29 is 9.18 Å². The zero-order chi connectivity index (χ0) is 19.8. The maximum atomic E-state index is 13.2. The van der Waals surface area contributed by atoms with Crippen molar-refractivity contribution in [1.29, 1.82) is 0 Å². The van der Waals surface area contributed by atoms with Crippen LogP contribution in [0.2, 0.25) is 0 Å². The molecule has 3 aromatic rings. The molecule has 1 amide bonds. The first-order valence-electron chi connectivity index (χ1n) is 9.46. The van der Waals surface area contributed by atoms with E-state index in [0.717, 1.165) is 19.3 Å². The van der Waals surface area contributed by atoms with Gasteiger partial charge >= 0.3 is 0 Å². The van der Waals surface area contributed by atoms with E-state index >= 15 is 0 Å².